The topological polar surface area (TPSA) is 73.0 Å². The first-order valence-electron chi connectivity index (χ1n) is 6.43. The molecule has 1 heterocycles. The summed E-state index contributed by atoms with van der Waals surface area (Å²) in [6, 6.07) is 12.9. The maximum absolute atomic E-state index is 12.1. The number of fused-ring (bicyclic) bond motifs is 1. The fraction of sp³-hybridized carbons (Fsp3) is 0. The number of nitrogens with zero attached hydrogens (tertiary/aromatic N) is 1. The molecule has 22 heavy (non-hydrogen) atoms. The van der Waals surface area contributed by atoms with E-state index in [2.05, 4.69) is 36.4 Å². The largest absolute Gasteiger partial charge is 0.331 e. The van der Waals surface area contributed by atoms with Crippen molar-refractivity contribution in [3.05, 3.63) is 62.8 Å². The van der Waals surface area contributed by atoms with Crippen molar-refractivity contribution in [3.8, 4) is 0 Å². The van der Waals surface area contributed by atoms with E-state index in [1.165, 1.54) is 0 Å². The van der Waals surface area contributed by atoms with Crippen LogP contribution in [-0.2, 0) is 0 Å². The molecule has 1 amide bonds. The van der Waals surface area contributed by atoms with Gasteiger partial charge >= 0.3 is 0 Å². The van der Waals surface area contributed by atoms with Gasteiger partial charge in [0, 0.05) is 10.0 Å². The first-order valence-corrected chi connectivity index (χ1v) is 7.63. The monoisotopic (exact) mass is 374 g/mol. The van der Waals surface area contributed by atoms with E-state index in [-0.39, 0.29) is 5.91 Å². The van der Waals surface area contributed by atoms with Gasteiger partial charge in [-0.2, -0.15) is 5.10 Å². The summed E-state index contributed by atoms with van der Waals surface area (Å²) in [5.74, 6) is -0.284. The lowest BCUT2D eigenvalue weighted by atomic mass is 10.2. The number of aromatic amines is 2. The highest BCUT2D eigenvalue weighted by atomic mass is 79.9. The van der Waals surface area contributed by atoms with E-state index >= 15 is 0 Å². The molecule has 110 valence electrons. The minimum Gasteiger partial charge on any atom is -0.331 e. The number of hydrogen-bond acceptors (Lipinski definition) is 3. The number of rotatable bonds is 3. The Balaban J connectivity index is 1.74. The second-order valence-electron chi connectivity index (χ2n) is 4.59. The van der Waals surface area contributed by atoms with Crippen LogP contribution in [-0.4, -0.2) is 22.1 Å². The number of H-pyrrole nitrogens is 2. The van der Waals surface area contributed by atoms with Gasteiger partial charge in [-0.1, -0.05) is 28.1 Å². The maximum atomic E-state index is 12.1. The Morgan fingerprint density at radius 1 is 1.18 bits per heavy atom. The molecule has 3 rings (SSSR count). The summed E-state index contributed by atoms with van der Waals surface area (Å²) < 4.78 is 1.48. The van der Waals surface area contributed by atoms with Gasteiger partial charge in [0.2, 0.25) is 0 Å². The first-order chi connectivity index (χ1) is 10.6. The molecule has 0 saturated carbocycles. The van der Waals surface area contributed by atoms with Gasteiger partial charge in [0.1, 0.15) is 0 Å². The van der Waals surface area contributed by atoms with E-state index < -0.39 is 0 Å². The number of aromatic nitrogens is 2. The number of amides is 1. The van der Waals surface area contributed by atoms with Crippen molar-refractivity contribution < 1.29 is 4.79 Å². The van der Waals surface area contributed by atoms with Gasteiger partial charge in [0.25, 0.3) is 5.91 Å². The van der Waals surface area contributed by atoms with Gasteiger partial charge in [-0.15, -0.1) is 0 Å². The number of nitrogens with one attached hydrogen (secondary N) is 3. The van der Waals surface area contributed by atoms with Gasteiger partial charge in [-0.3, -0.25) is 4.79 Å². The van der Waals surface area contributed by atoms with Crippen molar-refractivity contribution >= 4 is 51.3 Å². The molecular weight excluding hydrogens is 364 g/mol. The summed E-state index contributed by atoms with van der Waals surface area (Å²) in [5.41, 5.74) is 5.54. The van der Waals surface area contributed by atoms with Crippen molar-refractivity contribution in [2.75, 3.05) is 0 Å². The Bertz CT molecular complexity index is 928. The van der Waals surface area contributed by atoms with Crippen molar-refractivity contribution in [2.24, 2.45) is 5.10 Å². The molecule has 3 aromatic rings. The zero-order chi connectivity index (χ0) is 15.5. The average molecular weight is 375 g/mol. The zero-order valence-electron chi connectivity index (χ0n) is 11.3. The van der Waals surface area contributed by atoms with Gasteiger partial charge in [0.15, 0.2) is 4.77 Å². The molecule has 1 aromatic heterocycles. The summed E-state index contributed by atoms with van der Waals surface area (Å²) in [6.45, 7) is 0. The predicted octanol–water partition coefficient (Wildman–Crippen LogP) is 3.75. The number of carbonyl (C=O) groups is 1. The number of hydrogen-bond donors (Lipinski definition) is 3. The minimum absolute atomic E-state index is 0.284. The van der Waals surface area contributed by atoms with Crippen LogP contribution in [0.25, 0.3) is 11.0 Å². The quantitative estimate of drug-likeness (QED) is 0.371. The maximum Gasteiger partial charge on any atom is 0.271 e. The normalized spacial score (nSPS) is 11.1. The van der Waals surface area contributed by atoms with E-state index in [0.29, 0.717) is 10.3 Å². The predicted molar refractivity (Wildman–Crippen MR) is 92.7 cm³/mol. The third-order valence-electron chi connectivity index (χ3n) is 3.01. The second-order valence-corrected chi connectivity index (χ2v) is 5.92. The Morgan fingerprint density at radius 3 is 2.82 bits per heavy atom. The molecule has 0 aliphatic heterocycles. The summed E-state index contributed by atoms with van der Waals surface area (Å²) in [4.78, 5) is 18.0. The lowest BCUT2D eigenvalue weighted by molar-refractivity contribution is 0.0955. The number of imidazole rings is 1. The first kappa shape index (κ1) is 14.7. The highest BCUT2D eigenvalue weighted by molar-refractivity contribution is 9.10. The van der Waals surface area contributed by atoms with Crippen LogP contribution in [0.3, 0.4) is 0 Å². The third-order valence-corrected chi connectivity index (χ3v) is 3.70. The molecule has 0 spiro atoms. The molecule has 0 aliphatic rings. The van der Waals surface area contributed by atoms with Crippen molar-refractivity contribution in [3.63, 3.8) is 0 Å². The van der Waals surface area contributed by atoms with Crippen LogP contribution in [0, 0.1) is 4.77 Å². The van der Waals surface area contributed by atoms with Crippen LogP contribution in [0.2, 0.25) is 0 Å². The lowest BCUT2D eigenvalue weighted by Gasteiger charge is -2.00. The fourth-order valence-electron chi connectivity index (χ4n) is 1.99. The molecule has 0 aliphatic carbocycles. The molecule has 5 nitrogen and oxygen atoms in total. The number of hydrazone groups is 1. The van der Waals surface area contributed by atoms with Crippen LogP contribution in [0.15, 0.2) is 52.0 Å². The average Bonchev–Trinajstić information content (AvgIpc) is 2.86. The molecule has 3 N–H and O–H groups in total. The summed E-state index contributed by atoms with van der Waals surface area (Å²) in [5, 5.41) is 3.96. The van der Waals surface area contributed by atoms with E-state index in [9.17, 15) is 4.79 Å². The van der Waals surface area contributed by atoms with Crippen molar-refractivity contribution in [1.82, 2.24) is 15.4 Å². The molecular formula is C15H11BrN4OS. The van der Waals surface area contributed by atoms with Crippen LogP contribution < -0.4 is 5.43 Å². The van der Waals surface area contributed by atoms with E-state index in [1.54, 1.807) is 24.4 Å². The van der Waals surface area contributed by atoms with Crippen LogP contribution >= 0.6 is 28.1 Å². The van der Waals surface area contributed by atoms with Crippen molar-refractivity contribution in [1.29, 1.82) is 0 Å². The fourth-order valence-corrected chi connectivity index (χ4v) is 2.63. The van der Waals surface area contributed by atoms with E-state index in [0.717, 1.165) is 21.1 Å². The summed E-state index contributed by atoms with van der Waals surface area (Å²) in [6.07, 6.45) is 1.59. The smallest absolute Gasteiger partial charge is 0.271 e. The molecule has 0 fully saturated rings. The van der Waals surface area contributed by atoms with Gasteiger partial charge in [-0.05, 0) is 48.1 Å². The Labute approximate surface area is 139 Å². The molecule has 0 unspecified atom stereocenters. The number of benzene rings is 2. The second kappa shape index (κ2) is 6.25. The Kier molecular flexibility index (Phi) is 4.17. The highest BCUT2D eigenvalue weighted by Gasteiger charge is 2.06. The Morgan fingerprint density at radius 2 is 2.00 bits per heavy atom. The van der Waals surface area contributed by atoms with Crippen LogP contribution in [0.5, 0.6) is 0 Å². The van der Waals surface area contributed by atoms with Gasteiger partial charge < -0.3 is 9.97 Å². The minimum atomic E-state index is -0.284. The van der Waals surface area contributed by atoms with Gasteiger partial charge in [0.05, 0.1) is 17.2 Å². The molecule has 7 heteroatoms. The Hall–Kier alpha value is -2.25. The molecule has 0 saturated heterocycles. The number of halogens is 1. The number of carbonyl (C=O) groups excluding carboxylic acids is 1. The lowest BCUT2D eigenvalue weighted by Crippen LogP contribution is -2.17. The summed E-state index contributed by atoms with van der Waals surface area (Å²) >= 11 is 8.40. The molecule has 0 radical (unpaired) electrons. The van der Waals surface area contributed by atoms with E-state index in [1.807, 2.05) is 24.3 Å². The van der Waals surface area contributed by atoms with Crippen LogP contribution in [0.1, 0.15) is 15.9 Å². The summed E-state index contributed by atoms with van der Waals surface area (Å²) in [7, 11) is 0. The zero-order valence-corrected chi connectivity index (χ0v) is 13.7. The van der Waals surface area contributed by atoms with Gasteiger partial charge in [-0.25, -0.2) is 5.43 Å². The highest BCUT2D eigenvalue weighted by Crippen LogP contribution is 2.12. The molecule has 2 aromatic carbocycles. The molecule has 0 atom stereocenters. The molecule has 0 bridgehead atoms. The third kappa shape index (κ3) is 3.32. The SMILES string of the molecule is O=C(N/N=C\c1cccc(Br)c1)c1ccc2[nH]c(=S)[nH]c2c1. The van der Waals surface area contributed by atoms with Crippen molar-refractivity contribution in [2.45, 2.75) is 0 Å². The van der Waals surface area contributed by atoms with Crippen LogP contribution in [0.4, 0.5) is 0 Å². The van der Waals surface area contributed by atoms with E-state index in [4.69, 9.17) is 12.2 Å². The standard InChI is InChI=1S/C15H11BrN4OS/c16-11-3-1-2-9(6-11)8-17-20-14(21)10-4-5-12-13(7-10)19-15(22)18-12/h1-8H,(H,20,21)(H2,18,19,22)/b17-8-.